The summed E-state index contributed by atoms with van der Waals surface area (Å²) in [6.45, 7) is 4.19. The Morgan fingerprint density at radius 3 is 2.94 bits per heavy atom. The number of halogens is 1. The first kappa shape index (κ1) is 13.2. The van der Waals surface area contributed by atoms with Crippen molar-refractivity contribution in [2.45, 2.75) is 44.8 Å². The van der Waals surface area contributed by atoms with Gasteiger partial charge in [0.25, 0.3) is 0 Å². The summed E-state index contributed by atoms with van der Waals surface area (Å²) in [6, 6.07) is 2.87. The van der Waals surface area contributed by atoms with Crippen molar-refractivity contribution in [3.63, 3.8) is 0 Å². The van der Waals surface area contributed by atoms with Crippen LogP contribution in [0.3, 0.4) is 0 Å². The maximum absolute atomic E-state index is 5.91. The lowest BCUT2D eigenvalue weighted by atomic mass is 9.90. The molecule has 0 unspecified atom stereocenters. The zero-order valence-corrected chi connectivity index (χ0v) is 11.9. The summed E-state index contributed by atoms with van der Waals surface area (Å²) in [7, 11) is 0. The first-order chi connectivity index (χ1) is 7.86. The van der Waals surface area contributed by atoms with E-state index >= 15 is 0 Å². The summed E-state index contributed by atoms with van der Waals surface area (Å²) in [5.41, 5.74) is 1.43. The molecule has 2 nitrogen and oxygen atoms in total. The lowest BCUT2D eigenvalue weighted by Gasteiger charge is -2.44. The van der Waals surface area contributed by atoms with Gasteiger partial charge in [-0.15, -0.1) is 23.7 Å². The number of thiophene rings is 1. The number of hydrogen-bond acceptors (Lipinski definition) is 3. The second-order valence-corrected chi connectivity index (χ2v) is 5.76. The fourth-order valence-electron chi connectivity index (χ4n) is 3.01. The Kier molecular flexibility index (Phi) is 4.34. The Bertz CT molecular complexity index is 366. The van der Waals surface area contributed by atoms with Gasteiger partial charge in [-0.1, -0.05) is 12.8 Å². The summed E-state index contributed by atoms with van der Waals surface area (Å²) in [6.07, 6.45) is 5.77. The van der Waals surface area contributed by atoms with Gasteiger partial charge in [0.2, 0.25) is 0 Å². The highest BCUT2D eigenvalue weighted by Crippen LogP contribution is 2.36. The van der Waals surface area contributed by atoms with E-state index in [0.29, 0.717) is 12.1 Å². The van der Waals surface area contributed by atoms with Crippen molar-refractivity contribution < 1.29 is 4.74 Å². The number of hydrogen-bond donors (Lipinski definition) is 0. The molecule has 2 heterocycles. The molecular weight excluding hydrogens is 254 g/mol. The first-order valence-electron chi connectivity index (χ1n) is 6.28. The van der Waals surface area contributed by atoms with Crippen LogP contribution in [0.1, 0.15) is 31.2 Å². The Morgan fingerprint density at radius 2 is 2.18 bits per heavy atom. The van der Waals surface area contributed by atoms with E-state index in [1.807, 2.05) is 11.3 Å². The van der Waals surface area contributed by atoms with Crippen molar-refractivity contribution in [2.75, 3.05) is 18.1 Å². The Labute approximate surface area is 113 Å². The van der Waals surface area contributed by atoms with Crippen LogP contribution in [0.15, 0.2) is 11.4 Å². The predicted molar refractivity (Wildman–Crippen MR) is 75.6 cm³/mol. The molecule has 3 rings (SSSR count). The van der Waals surface area contributed by atoms with Gasteiger partial charge in [-0.05, 0) is 36.8 Å². The molecule has 0 radical (unpaired) electrons. The fourth-order valence-corrected chi connectivity index (χ4v) is 4.02. The average Bonchev–Trinajstić information content (AvgIpc) is 2.75. The van der Waals surface area contributed by atoms with Gasteiger partial charge in [-0.25, -0.2) is 0 Å². The zero-order chi connectivity index (χ0) is 11.0. The molecule has 1 aromatic heterocycles. The number of morpholine rings is 1. The number of rotatable bonds is 1. The molecule has 96 valence electrons. The van der Waals surface area contributed by atoms with Crippen LogP contribution in [0.4, 0.5) is 5.00 Å². The van der Waals surface area contributed by atoms with Crippen molar-refractivity contribution in [3.05, 3.63) is 17.0 Å². The maximum atomic E-state index is 5.91. The van der Waals surface area contributed by atoms with Crippen LogP contribution in [-0.4, -0.2) is 25.3 Å². The molecule has 1 aromatic rings. The number of fused-ring (bicyclic) bond motifs is 1. The van der Waals surface area contributed by atoms with Crippen molar-refractivity contribution in [1.82, 2.24) is 0 Å². The summed E-state index contributed by atoms with van der Waals surface area (Å²) >= 11 is 1.88. The highest BCUT2D eigenvalue weighted by Gasteiger charge is 2.35. The van der Waals surface area contributed by atoms with Crippen LogP contribution in [0, 0.1) is 6.92 Å². The number of nitrogens with zero attached hydrogens (tertiary/aromatic N) is 1. The van der Waals surface area contributed by atoms with Gasteiger partial charge in [0, 0.05) is 6.54 Å². The quantitative estimate of drug-likeness (QED) is 0.775. The van der Waals surface area contributed by atoms with Crippen molar-refractivity contribution in [2.24, 2.45) is 0 Å². The molecule has 1 aliphatic carbocycles. The van der Waals surface area contributed by atoms with Crippen molar-refractivity contribution in [3.8, 4) is 0 Å². The lowest BCUT2D eigenvalue weighted by molar-refractivity contribution is -0.00844. The Hall–Kier alpha value is -0.250. The molecular formula is C13H20ClNOS. The van der Waals surface area contributed by atoms with Crippen LogP contribution in [-0.2, 0) is 4.74 Å². The van der Waals surface area contributed by atoms with E-state index in [2.05, 4.69) is 23.3 Å². The molecule has 0 N–H and O–H groups in total. The topological polar surface area (TPSA) is 12.5 Å². The van der Waals surface area contributed by atoms with E-state index in [9.17, 15) is 0 Å². The van der Waals surface area contributed by atoms with E-state index in [1.165, 1.54) is 36.2 Å². The molecule has 4 heteroatoms. The largest absolute Gasteiger partial charge is 0.374 e. The third kappa shape index (κ3) is 2.47. The molecule has 2 atom stereocenters. The summed E-state index contributed by atoms with van der Waals surface area (Å²) in [5, 5.41) is 3.68. The second kappa shape index (κ2) is 5.59. The minimum atomic E-state index is 0. The maximum Gasteiger partial charge on any atom is 0.0942 e. The smallest absolute Gasteiger partial charge is 0.0942 e. The third-order valence-electron chi connectivity index (χ3n) is 3.83. The summed E-state index contributed by atoms with van der Waals surface area (Å²) in [5.74, 6) is 0. The zero-order valence-electron chi connectivity index (χ0n) is 10.2. The van der Waals surface area contributed by atoms with Crippen molar-refractivity contribution >= 4 is 28.7 Å². The number of aryl methyl sites for hydroxylation is 1. The van der Waals surface area contributed by atoms with Crippen LogP contribution in [0.2, 0.25) is 0 Å². The van der Waals surface area contributed by atoms with Gasteiger partial charge in [-0.2, -0.15) is 0 Å². The molecule has 0 bridgehead atoms. The predicted octanol–water partition coefficient (Wildman–Crippen LogP) is 3.63. The van der Waals surface area contributed by atoms with Gasteiger partial charge in [0.15, 0.2) is 0 Å². The highest BCUT2D eigenvalue weighted by atomic mass is 35.5. The lowest BCUT2D eigenvalue weighted by Crippen LogP contribution is -2.52. The van der Waals surface area contributed by atoms with Crippen LogP contribution in [0.25, 0.3) is 0 Å². The third-order valence-corrected chi connectivity index (χ3v) is 4.88. The van der Waals surface area contributed by atoms with Gasteiger partial charge >= 0.3 is 0 Å². The monoisotopic (exact) mass is 273 g/mol. The van der Waals surface area contributed by atoms with Crippen LogP contribution >= 0.6 is 23.7 Å². The molecule has 1 aliphatic heterocycles. The molecule has 17 heavy (non-hydrogen) atoms. The fraction of sp³-hybridized carbons (Fsp3) is 0.692. The number of ether oxygens (including phenoxy) is 1. The molecule has 0 aromatic carbocycles. The van der Waals surface area contributed by atoms with E-state index in [-0.39, 0.29) is 12.4 Å². The Balaban J connectivity index is 0.00000108. The van der Waals surface area contributed by atoms with Crippen molar-refractivity contribution in [1.29, 1.82) is 0 Å². The first-order valence-corrected chi connectivity index (χ1v) is 7.16. The van der Waals surface area contributed by atoms with E-state index in [4.69, 9.17) is 4.74 Å². The molecule has 1 saturated heterocycles. The normalized spacial score (nSPS) is 28.4. The minimum absolute atomic E-state index is 0. The van der Waals surface area contributed by atoms with Gasteiger partial charge < -0.3 is 9.64 Å². The van der Waals surface area contributed by atoms with Crippen LogP contribution < -0.4 is 4.90 Å². The van der Waals surface area contributed by atoms with Crippen LogP contribution in [0.5, 0.6) is 0 Å². The minimum Gasteiger partial charge on any atom is -0.374 e. The molecule has 1 saturated carbocycles. The number of anilines is 1. The molecule has 2 fully saturated rings. The summed E-state index contributed by atoms with van der Waals surface area (Å²) in [4.78, 5) is 2.60. The van der Waals surface area contributed by atoms with Gasteiger partial charge in [0.05, 0.1) is 23.8 Å². The Morgan fingerprint density at radius 1 is 1.35 bits per heavy atom. The molecule has 0 amide bonds. The van der Waals surface area contributed by atoms with Gasteiger partial charge in [0.1, 0.15) is 0 Å². The SMILES string of the molecule is Cc1ccsc1N1CCO[C@H]2CCCC[C@H]21.Cl. The molecule has 2 aliphatic rings. The van der Waals surface area contributed by atoms with E-state index in [1.54, 1.807) is 0 Å². The standard InChI is InChI=1S/C13H19NOS.ClH/c1-10-6-9-16-13(10)14-7-8-15-12-5-3-2-4-11(12)14;/h6,9,11-12H,2-5,7-8H2,1H3;1H/t11-,12+;/m1./s1. The highest BCUT2D eigenvalue weighted by molar-refractivity contribution is 7.14. The molecule has 0 spiro atoms. The van der Waals surface area contributed by atoms with Gasteiger partial charge in [-0.3, -0.25) is 0 Å². The average molecular weight is 274 g/mol. The van der Waals surface area contributed by atoms with E-state index < -0.39 is 0 Å². The summed E-state index contributed by atoms with van der Waals surface area (Å²) < 4.78 is 5.91. The van der Waals surface area contributed by atoms with E-state index in [0.717, 1.165) is 13.2 Å². The second-order valence-electron chi connectivity index (χ2n) is 4.86.